The van der Waals surface area contributed by atoms with Crippen LogP contribution in [0, 0.1) is 5.92 Å². The lowest BCUT2D eigenvalue weighted by atomic mass is 9.91. The van der Waals surface area contributed by atoms with Gasteiger partial charge < -0.3 is 15.4 Å². The summed E-state index contributed by atoms with van der Waals surface area (Å²) < 4.78 is 5.45. The number of fused-ring (bicyclic) bond motifs is 1. The number of carbonyl (C=O) groups is 1. The van der Waals surface area contributed by atoms with Crippen LogP contribution < -0.4 is 5.73 Å². The van der Waals surface area contributed by atoms with Crippen molar-refractivity contribution in [2.24, 2.45) is 11.7 Å². The average molecular weight is 269 g/mol. The number of ether oxygens (including phenoxy) is 1. The van der Waals surface area contributed by atoms with Gasteiger partial charge in [-0.3, -0.25) is 4.90 Å². The van der Waals surface area contributed by atoms with Crippen molar-refractivity contribution in [3.05, 3.63) is 0 Å². The maximum Gasteiger partial charge on any atom is 0.410 e. The van der Waals surface area contributed by atoms with Gasteiger partial charge in [0.15, 0.2) is 0 Å². The van der Waals surface area contributed by atoms with E-state index in [4.69, 9.17) is 10.5 Å². The maximum atomic E-state index is 12.1. The fraction of sp³-hybridized carbons (Fsp3) is 0.929. The highest BCUT2D eigenvalue weighted by molar-refractivity contribution is 5.68. The first kappa shape index (κ1) is 14.6. The molecule has 0 radical (unpaired) electrons. The second kappa shape index (κ2) is 5.67. The van der Waals surface area contributed by atoms with E-state index in [9.17, 15) is 4.79 Å². The van der Waals surface area contributed by atoms with Crippen molar-refractivity contribution in [3.8, 4) is 0 Å². The normalized spacial score (nSPS) is 28.9. The minimum Gasteiger partial charge on any atom is -0.444 e. The molecule has 19 heavy (non-hydrogen) atoms. The molecule has 2 heterocycles. The number of nitrogens with zero attached hydrogens (tertiary/aromatic N) is 2. The molecule has 2 rings (SSSR count). The van der Waals surface area contributed by atoms with Crippen LogP contribution in [0.1, 0.15) is 33.6 Å². The number of piperidine rings is 1. The molecule has 2 saturated heterocycles. The van der Waals surface area contributed by atoms with E-state index in [2.05, 4.69) is 4.90 Å². The highest BCUT2D eigenvalue weighted by Crippen LogP contribution is 2.25. The molecule has 0 aromatic heterocycles. The predicted molar refractivity (Wildman–Crippen MR) is 74.9 cm³/mol. The lowest BCUT2D eigenvalue weighted by Gasteiger charge is -2.46. The Morgan fingerprint density at radius 1 is 1.26 bits per heavy atom. The van der Waals surface area contributed by atoms with Gasteiger partial charge >= 0.3 is 6.09 Å². The fourth-order valence-corrected chi connectivity index (χ4v) is 2.94. The van der Waals surface area contributed by atoms with Gasteiger partial charge in [0.05, 0.1) is 0 Å². The van der Waals surface area contributed by atoms with Gasteiger partial charge in [0.2, 0.25) is 0 Å². The van der Waals surface area contributed by atoms with E-state index < -0.39 is 5.60 Å². The maximum absolute atomic E-state index is 12.1. The monoisotopic (exact) mass is 269 g/mol. The van der Waals surface area contributed by atoms with Crippen LogP contribution >= 0.6 is 0 Å². The van der Waals surface area contributed by atoms with Gasteiger partial charge in [0.1, 0.15) is 5.60 Å². The first-order chi connectivity index (χ1) is 8.89. The van der Waals surface area contributed by atoms with Crippen LogP contribution in [-0.2, 0) is 4.74 Å². The molecule has 0 aromatic carbocycles. The first-order valence-electron chi connectivity index (χ1n) is 7.31. The van der Waals surface area contributed by atoms with Crippen molar-refractivity contribution in [3.63, 3.8) is 0 Å². The third kappa shape index (κ3) is 3.83. The van der Waals surface area contributed by atoms with Gasteiger partial charge in [-0.2, -0.15) is 0 Å². The molecule has 5 nitrogen and oxygen atoms in total. The van der Waals surface area contributed by atoms with E-state index in [0.29, 0.717) is 12.0 Å². The van der Waals surface area contributed by atoms with Gasteiger partial charge in [-0.05, 0) is 46.1 Å². The van der Waals surface area contributed by atoms with Crippen molar-refractivity contribution in [1.29, 1.82) is 0 Å². The summed E-state index contributed by atoms with van der Waals surface area (Å²) >= 11 is 0. The Morgan fingerprint density at radius 3 is 2.63 bits per heavy atom. The quantitative estimate of drug-likeness (QED) is 0.779. The first-order valence-corrected chi connectivity index (χ1v) is 7.31. The summed E-state index contributed by atoms with van der Waals surface area (Å²) in [5.41, 5.74) is 5.35. The minimum absolute atomic E-state index is 0.173. The molecule has 1 amide bonds. The van der Waals surface area contributed by atoms with Crippen molar-refractivity contribution in [2.75, 3.05) is 32.7 Å². The highest BCUT2D eigenvalue weighted by atomic mass is 16.6. The van der Waals surface area contributed by atoms with Crippen LogP contribution in [0.5, 0.6) is 0 Å². The standard InChI is InChI=1S/C14H27N3O2/c1-14(2,3)19-13(18)17-7-6-16-9-11(8-15)4-5-12(16)10-17/h11-12H,4-10,15H2,1-3H3/t11-,12-/m0/s1. The Kier molecular flexibility index (Phi) is 4.36. The van der Waals surface area contributed by atoms with E-state index in [1.807, 2.05) is 25.7 Å². The number of hydrogen-bond donors (Lipinski definition) is 1. The molecule has 5 heteroatoms. The van der Waals surface area contributed by atoms with Crippen LogP contribution in [0.4, 0.5) is 4.79 Å². The Balaban J connectivity index is 1.87. The summed E-state index contributed by atoms with van der Waals surface area (Å²) in [6.07, 6.45) is 2.15. The number of hydrogen-bond acceptors (Lipinski definition) is 4. The molecule has 110 valence electrons. The van der Waals surface area contributed by atoms with E-state index in [-0.39, 0.29) is 6.09 Å². The average Bonchev–Trinajstić information content (AvgIpc) is 2.35. The van der Waals surface area contributed by atoms with E-state index in [1.54, 1.807) is 0 Å². The molecule has 2 atom stereocenters. The SMILES string of the molecule is CC(C)(C)OC(=O)N1CCN2C[C@H](CN)CC[C@H]2C1. The molecular weight excluding hydrogens is 242 g/mol. The molecular formula is C14H27N3O2. The molecule has 2 fully saturated rings. The third-order valence-corrected chi connectivity index (χ3v) is 3.99. The number of amides is 1. The number of rotatable bonds is 1. The summed E-state index contributed by atoms with van der Waals surface area (Å²) in [6.45, 7) is 10.1. The lowest BCUT2D eigenvalue weighted by molar-refractivity contribution is -0.00815. The van der Waals surface area contributed by atoms with Gasteiger partial charge in [0.25, 0.3) is 0 Å². The number of piperazine rings is 1. The van der Waals surface area contributed by atoms with Crippen LogP contribution in [0.25, 0.3) is 0 Å². The summed E-state index contributed by atoms with van der Waals surface area (Å²) in [7, 11) is 0. The predicted octanol–water partition coefficient (Wildman–Crippen LogP) is 1.28. The second-order valence-corrected chi connectivity index (χ2v) is 6.75. The highest BCUT2D eigenvalue weighted by Gasteiger charge is 2.35. The molecule has 2 aliphatic heterocycles. The van der Waals surface area contributed by atoms with Crippen molar-refractivity contribution in [1.82, 2.24) is 9.80 Å². The Morgan fingerprint density at radius 2 is 2.00 bits per heavy atom. The molecule has 0 bridgehead atoms. The molecule has 0 aromatic rings. The lowest BCUT2D eigenvalue weighted by Crippen LogP contribution is -2.58. The van der Waals surface area contributed by atoms with Crippen LogP contribution in [0.3, 0.4) is 0 Å². The van der Waals surface area contributed by atoms with Gasteiger partial charge in [0, 0.05) is 32.2 Å². The molecule has 2 N–H and O–H groups in total. The minimum atomic E-state index is -0.411. The van der Waals surface area contributed by atoms with Crippen molar-refractivity contribution >= 4 is 6.09 Å². The fourth-order valence-electron chi connectivity index (χ4n) is 2.94. The number of carbonyl (C=O) groups excluding carboxylic acids is 1. The number of nitrogens with two attached hydrogens (primary N) is 1. The zero-order valence-corrected chi connectivity index (χ0v) is 12.4. The van der Waals surface area contributed by atoms with Crippen LogP contribution in [-0.4, -0.2) is 60.3 Å². The summed E-state index contributed by atoms with van der Waals surface area (Å²) in [4.78, 5) is 16.4. The zero-order chi connectivity index (χ0) is 14.0. The Labute approximate surface area is 116 Å². The summed E-state index contributed by atoms with van der Waals surface area (Å²) in [6, 6.07) is 0.490. The van der Waals surface area contributed by atoms with Crippen molar-refractivity contribution in [2.45, 2.75) is 45.3 Å². The Hall–Kier alpha value is -0.810. The molecule has 0 spiro atoms. The summed E-state index contributed by atoms with van der Waals surface area (Å²) in [5.74, 6) is 0.629. The van der Waals surface area contributed by atoms with Gasteiger partial charge in [-0.1, -0.05) is 0 Å². The molecule has 0 unspecified atom stereocenters. The molecule has 2 aliphatic rings. The van der Waals surface area contributed by atoms with Crippen LogP contribution in [0.15, 0.2) is 0 Å². The van der Waals surface area contributed by atoms with E-state index in [0.717, 1.165) is 39.1 Å². The van der Waals surface area contributed by atoms with E-state index >= 15 is 0 Å². The Bertz CT molecular complexity index is 327. The molecule has 0 aliphatic carbocycles. The van der Waals surface area contributed by atoms with Gasteiger partial charge in [-0.25, -0.2) is 4.79 Å². The van der Waals surface area contributed by atoms with Crippen LogP contribution in [0.2, 0.25) is 0 Å². The largest absolute Gasteiger partial charge is 0.444 e. The molecule has 0 saturated carbocycles. The smallest absolute Gasteiger partial charge is 0.410 e. The zero-order valence-electron chi connectivity index (χ0n) is 12.4. The second-order valence-electron chi connectivity index (χ2n) is 6.75. The summed E-state index contributed by atoms with van der Waals surface area (Å²) in [5, 5.41) is 0. The third-order valence-electron chi connectivity index (χ3n) is 3.99. The van der Waals surface area contributed by atoms with Gasteiger partial charge in [-0.15, -0.1) is 0 Å². The van der Waals surface area contributed by atoms with E-state index in [1.165, 1.54) is 6.42 Å². The van der Waals surface area contributed by atoms with Crippen molar-refractivity contribution < 1.29 is 9.53 Å². The topological polar surface area (TPSA) is 58.8 Å².